The molecule has 1 saturated heterocycles. The quantitative estimate of drug-likeness (QED) is 0.641. The SMILES string of the molecule is COc1ccccc1NS(=O)(=O)c1ccc(C)c(NC(=O)CCN2CCSC2=O)c1. The zero-order chi connectivity index (χ0) is 21.7. The van der Waals surface area contributed by atoms with Crippen LogP contribution in [0.2, 0.25) is 0 Å². The molecule has 0 radical (unpaired) electrons. The molecule has 0 bridgehead atoms. The van der Waals surface area contributed by atoms with Gasteiger partial charge in [0.25, 0.3) is 15.3 Å². The highest BCUT2D eigenvalue weighted by molar-refractivity contribution is 8.13. The summed E-state index contributed by atoms with van der Waals surface area (Å²) in [6.07, 6.45) is 0.141. The first kappa shape index (κ1) is 22.0. The first-order valence-corrected chi connectivity index (χ1v) is 11.7. The van der Waals surface area contributed by atoms with Crippen LogP contribution in [0.5, 0.6) is 5.75 Å². The number of methoxy groups -OCH3 is 1. The first-order chi connectivity index (χ1) is 14.3. The fraction of sp³-hybridized carbons (Fsp3) is 0.300. The molecule has 1 aliphatic rings. The molecule has 3 rings (SSSR count). The lowest BCUT2D eigenvalue weighted by Crippen LogP contribution is -2.27. The summed E-state index contributed by atoms with van der Waals surface area (Å²) >= 11 is 1.24. The lowest BCUT2D eigenvalue weighted by Gasteiger charge is -2.16. The number of anilines is 2. The number of ether oxygens (including phenoxy) is 1. The Morgan fingerprint density at radius 3 is 2.67 bits per heavy atom. The number of thioether (sulfide) groups is 1. The van der Waals surface area contributed by atoms with E-state index < -0.39 is 10.0 Å². The number of para-hydroxylation sites is 2. The van der Waals surface area contributed by atoms with Crippen LogP contribution in [0.3, 0.4) is 0 Å². The average molecular weight is 450 g/mol. The van der Waals surface area contributed by atoms with Crippen molar-refractivity contribution in [3.8, 4) is 5.75 Å². The summed E-state index contributed by atoms with van der Waals surface area (Å²) < 4.78 is 33.4. The highest BCUT2D eigenvalue weighted by Crippen LogP contribution is 2.28. The number of nitrogens with zero attached hydrogens (tertiary/aromatic N) is 1. The second kappa shape index (κ2) is 9.40. The van der Waals surface area contributed by atoms with Gasteiger partial charge in [-0.15, -0.1) is 0 Å². The topological polar surface area (TPSA) is 105 Å². The van der Waals surface area contributed by atoms with Gasteiger partial charge in [0.15, 0.2) is 0 Å². The molecule has 1 aliphatic heterocycles. The molecule has 2 aromatic rings. The van der Waals surface area contributed by atoms with Crippen LogP contribution < -0.4 is 14.8 Å². The number of hydrogen-bond donors (Lipinski definition) is 2. The fourth-order valence-corrected chi connectivity index (χ4v) is 4.86. The Balaban J connectivity index is 1.72. The summed E-state index contributed by atoms with van der Waals surface area (Å²) in [5.74, 6) is 0.852. The Labute approximate surface area is 180 Å². The third kappa shape index (κ3) is 5.25. The van der Waals surface area contributed by atoms with Gasteiger partial charge < -0.3 is 15.0 Å². The van der Waals surface area contributed by atoms with E-state index in [9.17, 15) is 18.0 Å². The molecule has 0 atom stereocenters. The van der Waals surface area contributed by atoms with Crippen LogP contribution in [0.15, 0.2) is 47.4 Å². The van der Waals surface area contributed by atoms with Crippen LogP contribution in [-0.2, 0) is 14.8 Å². The predicted octanol–water partition coefficient (Wildman–Crippen LogP) is 3.30. The molecule has 0 saturated carbocycles. The third-order valence-electron chi connectivity index (χ3n) is 4.60. The number of nitrogens with one attached hydrogen (secondary N) is 2. The number of amides is 2. The molecule has 0 aromatic heterocycles. The van der Waals surface area contributed by atoms with Crippen LogP contribution in [0.4, 0.5) is 16.2 Å². The first-order valence-electron chi connectivity index (χ1n) is 9.28. The van der Waals surface area contributed by atoms with Crippen LogP contribution in [0.25, 0.3) is 0 Å². The second-order valence-electron chi connectivity index (χ2n) is 6.68. The van der Waals surface area contributed by atoms with Crippen molar-refractivity contribution in [2.24, 2.45) is 0 Å². The van der Waals surface area contributed by atoms with Gasteiger partial charge in [-0.3, -0.25) is 14.3 Å². The van der Waals surface area contributed by atoms with Crippen molar-refractivity contribution in [3.63, 3.8) is 0 Å². The Bertz CT molecular complexity index is 1060. The molecule has 1 heterocycles. The Kier molecular flexibility index (Phi) is 6.88. The second-order valence-corrected chi connectivity index (χ2v) is 9.41. The maximum atomic E-state index is 12.8. The number of sulfonamides is 1. The summed E-state index contributed by atoms with van der Waals surface area (Å²) in [4.78, 5) is 25.6. The number of hydrogen-bond acceptors (Lipinski definition) is 6. The van der Waals surface area contributed by atoms with Crippen molar-refractivity contribution < 1.29 is 22.7 Å². The highest BCUT2D eigenvalue weighted by atomic mass is 32.2. The van der Waals surface area contributed by atoms with E-state index in [2.05, 4.69) is 10.0 Å². The maximum Gasteiger partial charge on any atom is 0.281 e. The van der Waals surface area contributed by atoms with E-state index in [4.69, 9.17) is 4.74 Å². The zero-order valence-electron chi connectivity index (χ0n) is 16.7. The standard InChI is InChI=1S/C20H23N3O5S2/c1-14-7-8-15(30(26,27)22-16-5-3-4-6-18(16)28-2)13-17(14)21-19(24)9-10-23-11-12-29-20(23)25/h3-8,13,22H,9-12H2,1-2H3,(H,21,24). The van der Waals surface area contributed by atoms with Crippen LogP contribution >= 0.6 is 11.8 Å². The molecule has 2 amide bonds. The number of carbonyl (C=O) groups excluding carboxylic acids is 2. The van der Waals surface area contributed by atoms with Crippen molar-refractivity contribution in [2.45, 2.75) is 18.2 Å². The van der Waals surface area contributed by atoms with Gasteiger partial charge in [0.2, 0.25) is 5.91 Å². The summed E-state index contributed by atoms with van der Waals surface area (Å²) in [5.41, 5.74) is 1.46. The molecule has 2 N–H and O–H groups in total. The number of aryl methyl sites for hydroxylation is 1. The molecule has 2 aromatic carbocycles. The lowest BCUT2D eigenvalue weighted by atomic mass is 10.2. The van der Waals surface area contributed by atoms with Gasteiger partial charge in [0.1, 0.15) is 5.75 Å². The maximum absolute atomic E-state index is 12.8. The molecular formula is C20H23N3O5S2. The van der Waals surface area contributed by atoms with E-state index in [1.807, 2.05) is 0 Å². The van der Waals surface area contributed by atoms with E-state index in [1.54, 1.807) is 42.2 Å². The van der Waals surface area contributed by atoms with Crippen molar-refractivity contribution in [1.82, 2.24) is 4.90 Å². The molecule has 0 aliphatic carbocycles. The van der Waals surface area contributed by atoms with Crippen molar-refractivity contribution in [3.05, 3.63) is 48.0 Å². The Hall–Kier alpha value is -2.72. The summed E-state index contributed by atoms with van der Waals surface area (Å²) in [6, 6.07) is 11.2. The predicted molar refractivity (Wildman–Crippen MR) is 118 cm³/mol. The monoisotopic (exact) mass is 449 g/mol. The van der Waals surface area contributed by atoms with Crippen molar-refractivity contribution in [1.29, 1.82) is 0 Å². The van der Waals surface area contributed by atoms with Crippen molar-refractivity contribution in [2.75, 3.05) is 36.0 Å². The van der Waals surface area contributed by atoms with E-state index in [0.29, 0.717) is 30.2 Å². The van der Waals surface area contributed by atoms with Gasteiger partial charge in [-0.2, -0.15) is 0 Å². The van der Waals surface area contributed by atoms with E-state index in [-0.39, 0.29) is 22.5 Å². The molecule has 30 heavy (non-hydrogen) atoms. The Morgan fingerprint density at radius 2 is 1.97 bits per heavy atom. The molecule has 0 spiro atoms. The molecule has 1 fully saturated rings. The van der Waals surface area contributed by atoms with Gasteiger partial charge in [-0.25, -0.2) is 8.42 Å². The van der Waals surface area contributed by atoms with Gasteiger partial charge in [-0.1, -0.05) is 30.0 Å². The van der Waals surface area contributed by atoms with Crippen LogP contribution in [-0.4, -0.2) is 50.4 Å². The zero-order valence-corrected chi connectivity index (χ0v) is 18.3. The molecule has 8 nitrogen and oxygen atoms in total. The number of benzene rings is 2. The van der Waals surface area contributed by atoms with Crippen LogP contribution in [0, 0.1) is 6.92 Å². The summed E-state index contributed by atoms with van der Waals surface area (Å²) in [5, 5.41) is 2.73. The van der Waals surface area contributed by atoms with Crippen molar-refractivity contribution >= 4 is 44.3 Å². The van der Waals surface area contributed by atoms with E-state index in [0.717, 1.165) is 11.3 Å². The smallest absolute Gasteiger partial charge is 0.281 e. The molecular weight excluding hydrogens is 426 g/mol. The molecule has 10 heteroatoms. The van der Waals surface area contributed by atoms with Gasteiger partial charge >= 0.3 is 0 Å². The average Bonchev–Trinajstić information content (AvgIpc) is 3.13. The fourth-order valence-electron chi connectivity index (χ4n) is 2.91. The largest absolute Gasteiger partial charge is 0.495 e. The normalized spacial score (nSPS) is 13.9. The third-order valence-corrected chi connectivity index (χ3v) is 6.85. The lowest BCUT2D eigenvalue weighted by molar-refractivity contribution is -0.116. The minimum Gasteiger partial charge on any atom is -0.495 e. The minimum absolute atomic E-state index is 0.0143. The van der Waals surface area contributed by atoms with E-state index >= 15 is 0 Å². The Morgan fingerprint density at radius 1 is 1.20 bits per heavy atom. The van der Waals surface area contributed by atoms with Gasteiger partial charge in [0.05, 0.1) is 17.7 Å². The van der Waals surface area contributed by atoms with Crippen LogP contribution in [0.1, 0.15) is 12.0 Å². The number of rotatable bonds is 8. The molecule has 160 valence electrons. The van der Waals surface area contributed by atoms with E-state index in [1.165, 1.54) is 31.0 Å². The van der Waals surface area contributed by atoms with Gasteiger partial charge in [-0.05, 0) is 36.8 Å². The molecule has 0 unspecified atom stereocenters. The minimum atomic E-state index is -3.89. The summed E-state index contributed by atoms with van der Waals surface area (Å²) in [7, 11) is -2.43. The number of carbonyl (C=O) groups is 2. The van der Waals surface area contributed by atoms with Gasteiger partial charge in [0, 0.05) is 31.0 Å². The highest BCUT2D eigenvalue weighted by Gasteiger charge is 2.22. The summed E-state index contributed by atoms with van der Waals surface area (Å²) in [6.45, 7) is 2.75.